The van der Waals surface area contributed by atoms with Gasteiger partial charge in [0.1, 0.15) is 0 Å². The van der Waals surface area contributed by atoms with Gasteiger partial charge in [-0.05, 0) is 50.4 Å². The predicted octanol–water partition coefficient (Wildman–Crippen LogP) is 3.73. The third-order valence-corrected chi connectivity index (χ3v) is 4.77. The molecule has 1 aromatic rings. The van der Waals surface area contributed by atoms with E-state index in [4.69, 9.17) is 10.5 Å². The van der Waals surface area contributed by atoms with Crippen LogP contribution in [0.3, 0.4) is 0 Å². The normalized spacial score (nSPS) is 23.0. The van der Waals surface area contributed by atoms with E-state index in [1.54, 1.807) is 0 Å². The molecule has 2 rings (SSSR count). The van der Waals surface area contributed by atoms with Gasteiger partial charge in [0, 0.05) is 23.7 Å². The monoisotopic (exact) mass is 354 g/mol. The van der Waals surface area contributed by atoms with Crippen LogP contribution in [0.1, 0.15) is 44.7 Å². The standard InChI is InChI=1S/C17H27BrN2O/c1-3-16(19)17(13-7-5-8-14(18)11-13)20-10-6-9-15(12-20)21-4-2/h5,7-8,11,15-17H,3-4,6,9-10,12,19H2,1-2H3. The van der Waals surface area contributed by atoms with Crippen LogP contribution in [0, 0.1) is 0 Å². The zero-order valence-electron chi connectivity index (χ0n) is 13.1. The molecular weight excluding hydrogens is 328 g/mol. The lowest BCUT2D eigenvalue weighted by Gasteiger charge is -2.40. The van der Waals surface area contributed by atoms with Gasteiger partial charge in [0.25, 0.3) is 0 Å². The van der Waals surface area contributed by atoms with E-state index in [9.17, 15) is 0 Å². The quantitative estimate of drug-likeness (QED) is 0.845. The van der Waals surface area contributed by atoms with Crippen LogP contribution in [0.25, 0.3) is 0 Å². The molecule has 3 atom stereocenters. The summed E-state index contributed by atoms with van der Waals surface area (Å²) in [5, 5.41) is 0. The zero-order valence-corrected chi connectivity index (χ0v) is 14.7. The van der Waals surface area contributed by atoms with Crippen molar-refractivity contribution in [3.63, 3.8) is 0 Å². The molecule has 0 bridgehead atoms. The minimum absolute atomic E-state index is 0.152. The third kappa shape index (κ3) is 4.52. The van der Waals surface area contributed by atoms with Crippen molar-refractivity contribution in [1.82, 2.24) is 4.90 Å². The van der Waals surface area contributed by atoms with Crippen molar-refractivity contribution in [2.75, 3.05) is 19.7 Å². The number of likely N-dealkylation sites (tertiary alicyclic amines) is 1. The second kappa shape index (κ2) is 8.28. The molecule has 1 heterocycles. The highest BCUT2D eigenvalue weighted by atomic mass is 79.9. The van der Waals surface area contributed by atoms with Crippen LogP contribution in [-0.4, -0.2) is 36.7 Å². The number of hydrogen-bond acceptors (Lipinski definition) is 3. The maximum absolute atomic E-state index is 6.45. The van der Waals surface area contributed by atoms with Crippen LogP contribution in [0.2, 0.25) is 0 Å². The highest BCUT2D eigenvalue weighted by Gasteiger charge is 2.30. The van der Waals surface area contributed by atoms with Gasteiger partial charge in [0.05, 0.1) is 12.1 Å². The van der Waals surface area contributed by atoms with Gasteiger partial charge >= 0.3 is 0 Å². The molecule has 0 amide bonds. The third-order valence-electron chi connectivity index (χ3n) is 4.27. The minimum Gasteiger partial charge on any atom is -0.377 e. The predicted molar refractivity (Wildman–Crippen MR) is 91.4 cm³/mol. The van der Waals surface area contributed by atoms with E-state index >= 15 is 0 Å². The molecule has 3 unspecified atom stereocenters. The van der Waals surface area contributed by atoms with E-state index in [0.29, 0.717) is 6.10 Å². The summed E-state index contributed by atoms with van der Waals surface area (Å²) in [6.07, 6.45) is 3.68. The summed E-state index contributed by atoms with van der Waals surface area (Å²) >= 11 is 3.58. The number of hydrogen-bond donors (Lipinski definition) is 1. The largest absolute Gasteiger partial charge is 0.377 e. The number of nitrogens with two attached hydrogens (primary N) is 1. The van der Waals surface area contributed by atoms with Gasteiger partial charge in [-0.3, -0.25) is 4.90 Å². The van der Waals surface area contributed by atoms with Gasteiger partial charge in [-0.25, -0.2) is 0 Å². The van der Waals surface area contributed by atoms with Crippen LogP contribution in [0.4, 0.5) is 0 Å². The Balaban J connectivity index is 2.19. The van der Waals surface area contributed by atoms with Gasteiger partial charge in [-0.2, -0.15) is 0 Å². The maximum Gasteiger partial charge on any atom is 0.0702 e. The van der Waals surface area contributed by atoms with E-state index in [1.807, 2.05) is 0 Å². The van der Waals surface area contributed by atoms with E-state index in [1.165, 1.54) is 12.0 Å². The zero-order chi connectivity index (χ0) is 15.2. The summed E-state index contributed by atoms with van der Waals surface area (Å²) in [5.74, 6) is 0. The Hall–Kier alpha value is -0.420. The Labute approximate surface area is 137 Å². The van der Waals surface area contributed by atoms with Crippen molar-refractivity contribution in [2.24, 2.45) is 5.73 Å². The number of halogens is 1. The van der Waals surface area contributed by atoms with E-state index in [-0.39, 0.29) is 12.1 Å². The summed E-state index contributed by atoms with van der Waals surface area (Å²) in [7, 11) is 0. The first-order valence-electron chi connectivity index (χ1n) is 8.02. The van der Waals surface area contributed by atoms with Crippen molar-refractivity contribution in [2.45, 2.75) is 51.3 Å². The Morgan fingerprint density at radius 2 is 2.24 bits per heavy atom. The maximum atomic E-state index is 6.45. The molecule has 1 aliphatic heterocycles. The fourth-order valence-electron chi connectivity index (χ4n) is 3.23. The summed E-state index contributed by atoms with van der Waals surface area (Å²) in [6.45, 7) is 7.12. The molecule has 0 saturated carbocycles. The highest BCUT2D eigenvalue weighted by Crippen LogP contribution is 2.30. The molecule has 0 spiro atoms. The molecular formula is C17H27BrN2O. The van der Waals surface area contributed by atoms with Crippen molar-refractivity contribution in [1.29, 1.82) is 0 Å². The Morgan fingerprint density at radius 3 is 2.90 bits per heavy atom. The molecule has 1 fully saturated rings. The van der Waals surface area contributed by atoms with Gasteiger partial charge in [0.15, 0.2) is 0 Å². The lowest BCUT2D eigenvalue weighted by Crippen LogP contribution is -2.47. The molecule has 0 aliphatic carbocycles. The average molecular weight is 355 g/mol. The molecule has 3 nitrogen and oxygen atoms in total. The number of rotatable bonds is 6. The highest BCUT2D eigenvalue weighted by molar-refractivity contribution is 9.10. The van der Waals surface area contributed by atoms with Crippen LogP contribution in [0.5, 0.6) is 0 Å². The number of ether oxygens (including phenoxy) is 1. The second-order valence-corrected chi connectivity index (χ2v) is 6.70. The summed E-state index contributed by atoms with van der Waals surface area (Å²) in [5.41, 5.74) is 7.75. The van der Waals surface area contributed by atoms with E-state index in [0.717, 1.165) is 37.0 Å². The lowest BCUT2D eigenvalue weighted by atomic mass is 9.94. The topological polar surface area (TPSA) is 38.5 Å². The van der Waals surface area contributed by atoms with Gasteiger partial charge < -0.3 is 10.5 Å². The van der Waals surface area contributed by atoms with Crippen molar-refractivity contribution < 1.29 is 4.74 Å². The fraction of sp³-hybridized carbons (Fsp3) is 0.647. The van der Waals surface area contributed by atoms with Crippen LogP contribution < -0.4 is 5.73 Å². The number of piperidine rings is 1. The second-order valence-electron chi connectivity index (χ2n) is 5.79. The minimum atomic E-state index is 0.152. The average Bonchev–Trinajstić information content (AvgIpc) is 2.48. The molecule has 1 aromatic carbocycles. The molecule has 0 aromatic heterocycles. The molecule has 2 N–H and O–H groups in total. The number of nitrogens with zero attached hydrogens (tertiary/aromatic N) is 1. The lowest BCUT2D eigenvalue weighted by molar-refractivity contribution is -0.0116. The first kappa shape index (κ1) is 16.9. The first-order valence-corrected chi connectivity index (χ1v) is 8.81. The fourth-order valence-corrected chi connectivity index (χ4v) is 3.65. The van der Waals surface area contributed by atoms with Crippen molar-refractivity contribution >= 4 is 15.9 Å². The van der Waals surface area contributed by atoms with Crippen LogP contribution >= 0.6 is 15.9 Å². The van der Waals surface area contributed by atoms with Gasteiger partial charge in [0.2, 0.25) is 0 Å². The molecule has 1 saturated heterocycles. The molecule has 118 valence electrons. The van der Waals surface area contributed by atoms with E-state index in [2.05, 4.69) is 58.9 Å². The van der Waals surface area contributed by atoms with Crippen LogP contribution in [0.15, 0.2) is 28.7 Å². The first-order chi connectivity index (χ1) is 10.2. The molecule has 21 heavy (non-hydrogen) atoms. The van der Waals surface area contributed by atoms with E-state index < -0.39 is 0 Å². The molecule has 1 aliphatic rings. The SMILES string of the molecule is CCOC1CCCN(C(c2cccc(Br)c2)C(N)CC)C1. The smallest absolute Gasteiger partial charge is 0.0702 e. The van der Waals surface area contributed by atoms with Crippen LogP contribution in [-0.2, 0) is 4.74 Å². The van der Waals surface area contributed by atoms with Gasteiger partial charge in [-0.15, -0.1) is 0 Å². The summed E-state index contributed by atoms with van der Waals surface area (Å²) in [4.78, 5) is 2.51. The molecule has 0 radical (unpaired) electrons. The molecule has 4 heteroatoms. The Kier molecular flexibility index (Phi) is 6.68. The van der Waals surface area contributed by atoms with Crippen molar-refractivity contribution in [3.05, 3.63) is 34.3 Å². The van der Waals surface area contributed by atoms with Gasteiger partial charge in [-0.1, -0.05) is 35.0 Å². The number of benzene rings is 1. The van der Waals surface area contributed by atoms with Crippen molar-refractivity contribution in [3.8, 4) is 0 Å². The Bertz CT molecular complexity index is 439. The Morgan fingerprint density at radius 1 is 1.43 bits per heavy atom. The summed E-state index contributed by atoms with van der Waals surface area (Å²) < 4.78 is 6.96. The summed E-state index contributed by atoms with van der Waals surface area (Å²) in [6, 6.07) is 8.98.